The highest BCUT2D eigenvalue weighted by atomic mass is 35.5. The average Bonchev–Trinajstić information content (AvgIpc) is 2.49. The van der Waals surface area contributed by atoms with Gasteiger partial charge >= 0.3 is 0 Å². The number of benzene rings is 2. The van der Waals surface area contributed by atoms with Crippen LogP contribution in [0.1, 0.15) is 17.2 Å². The number of carbonyl (C=O) groups is 1. The van der Waals surface area contributed by atoms with Gasteiger partial charge in [0.1, 0.15) is 11.8 Å². The van der Waals surface area contributed by atoms with Crippen LogP contribution in [0.15, 0.2) is 42.5 Å². The zero-order valence-electron chi connectivity index (χ0n) is 11.9. The molecule has 0 bridgehead atoms. The van der Waals surface area contributed by atoms with Crippen molar-refractivity contribution in [1.82, 2.24) is 0 Å². The second-order valence-corrected chi connectivity index (χ2v) is 5.13. The van der Waals surface area contributed by atoms with E-state index in [9.17, 15) is 4.79 Å². The Kier molecular flexibility index (Phi) is 4.83. The summed E-state index contributed by atoms with van der Waals surface area (Å²) in [5.41, 5.74) is 8.31. The molecule has 0 saturated heterocycles. The Hall–Kier alpha value is -2.04. The SMILES string of the molecule is COc1ccc(Cl)c(NC(=O)C(N)c2ccc(C)cc2)c1. The molecule has 1 amide bonds. The predicted octanol–water partition coefficient (Wildman–Crippen LogP) is 3.30. The third-order valence-electron chi connectivity index (χ3n) is 3.15. The molecular formula is C16H17ClN2O2. The quantitative estimate of drug-likeness (QED) is 0.911. The molecule has 0 aliphatic rings. The molecule has 3 N–H and O–H groups in total. The number of anilines is 1. The van der Waals surface area contributed by atoms with E-state index in [0.29, 0.717) is 16.5 Å². The van der Waals surface area contributed by atoms with Gasteiger partial charge in [-0.25, -0.2) is 0 Å². The second kappa shape index (κ2) is 6.61. The van der Waals surface area contributed by atoms with Gasteiger partial charge < -0.3 is 15.8 Å². The fourth-order valence-corrected chi connectivity index (χ4v) is 2.03. The molecule has 0 heterocycles. The smallest absolute Gasteiger partial charge is 0.245 e. The van der Waals surface area contributed by atoms with Crippen LogP contribution in [0.4, 0.5) is 5.69 Å². The maximum Gasteiger partial charge on any atom is 0.245 e. The van der Waals surface area contributed by atoms with Crippen molar-refractivity contribution in [3.05, 3.63) is 58.6 Å². The highest BCUT2D eigenvalue weighted by molar-refractivity contribution is 6.33. The molecule has 0 radical (unpaired) electrons. The number of halogens is 1. The molecule has 0 fully saturated rings. The van der Waals surface area contributed by atoms with E-state index in [-0.39, 0.29) is 5.91 Å². The predicted molar refractivity (Wildman–Crippen MR) is 84.7 cm³/mol. The number of hydrogen-bond donors (Lipinski definition) is 2. The Bertz CT molecular complexity index is 641. The summed E-state index contributed by atoms with van der Waals surface area (Å²) in [6.07, 6.45) is 0. The molecule has 0 aromatic heterocycles. The Morgan fingerprint density at radius 1 is 1.24 bits per heavy atom. The van der Waals surface area contributed by atoms with Gasteiger partial charge in [-0.15, -0.1) is 0 Å². The first kappa shape index (κ1) is 15.4. The number of nitrogens with two attached hydrogens (primary N) is 1. The van der Waals surface area contributed by atoms with E-state index >= 15 is 0 Å². The normalized spacial score (nSPS) is 11.8. The van der Waals surface area contributed by atoms with E-state index in [0.717, 1.165) is 11.1 Å². The summed E-state index contributed by atoms with van der Waals surface area (Å²) in [7, 11) is 1.55. The van der Waals surface area contributed by atoms with Crippen LogP contribution in [0.25, 0.3) is 0 Å². The summed E-state index contributed by atoms with van der Waals surface area (Å²) < 4.78 is 5.11. The van der Waals surface area contributed by atoms with Crippen LogP contribution in [0.2, 0.25) is 5.02 Å². The standard InChI is InChI=1S/C16H17ClN2O2/c1-10-3-5-11(6-4-10)15(18)16(20)19-14-9-12(21-2)7-8-13(14)17/h3-9,15H,18H2,1-2H3,(H,19,20). The molecule has 21 heavy (non-hydrogen) atoms. The maximum atomic E-state index is 12.2. The molecule has 2 aromatic rings. The zero-order valence-corrected chi connectivity index (χ0v) is 12.6. The molecule has 0 aliphatic heterocycles. The van der Waals surface area contributed by atoms with Crippen LogP contribution in [-0.2, 0) is 4.79 Å². The van der Waals surface area contributed by atoms with E-state index in [4.69, 9.17) is 22.1 Å². The third kappa shape index (κ3) is 3.74. The summed E-state index contributed by atoms with van der Waals surface area (Å²) in [4.78, 5) is 12.2. The van der Waals surface area contributed by atoms with Crippen molar-refractivity contribution in [3.8, 4) is 5.75 Å². The maximum absolute atomic E-state index is 12.2. The molecule has 1 unspecified atom stereocenters. The van der Waals surface area contributed by atoms with Crippen LogP contribution in [-0.4, -0.2) is 13.0 Å². The third-order valence-corrected chi connectivity index (χ3v) is 3.48. The minimum atomic E-state index is -0.757. The molecule has 1 atom stereocenters. The number of ether oxygens (including phenoxy) is 1. The number of methoxy groups -OCH3 is 1. The van der Waals surface area contributed by atoms with Gasteiger partial charge in [-0.05, 0) is 24.6 Å². The monoisotopic (exact) mass is 304 g/mol. The van der Waals surface area contributed by atoms with Crippen LogP contribution in [0.3, 0.4) is 0 Å². The number of carbonyl (C=O) groups excluding carboxylic acids is 1. The van der Waals surface area contributed by atoms with E-state index < -0.39 is 6.04 Å². The van der Waals surface area contributed by atoms with Crippen molar-refractivity contribution in [2.75, 3.05) is 12.4 Å². The topological polar surface area (TPSA) is 64.3 Å². The highest BCUT2D eigenvalue weighted by Crippen LogP contribution is 2.27. The van der Waals surface area contributed by atoms with E-state index in [1.807, 2.05) is 31.2 Å². The lowest BCUT2D eigenvalue weighted by atomic mass is 10.1. The van der Waals surface area contributed by atoms with Gasteiger partial charge in [-0.2, -0.15) is 0 Å². The Labute approximate surface area is 128 Å². The summed E-state index contributed by atoms with van der Waals surface area (Å²) in [5.74, 6) is 0.285. The van der Waals surface area contributed by atoms with Gasteiger partial charge in [-0.3, -0.25) is 4.79 Å². The summed E-state index contributed by atoms with van der Waals surface area (Å²) in [6.45, 7) is 1.98. The average molecular weight is 305 g/mol. The summed E-state index contributed by atoms with van der Waals surface area (Å²) >= 11 is 6.06. The fourth-order valence-electron chi connectivity index (χ4n) is 1.86. The van der Waals surface area contributed by atoms with Crippen LogP contribution in [0, 0.1) is 6.92 Å². The van der Waals surface area contributed by atoms with Gasteiger partial charge in [0.05, 0.1) is 17.8 Å². The first-order valence-electron chi connectivity index (χ1n) is 6.48. The molecule has 110 valence electrons. The molecule has 5 heteroatoms. The van der Waals surface area contributed by atoms with Crippen LogP contribution < -0.4 is 15.8 Å². The number of amides is 1. The van der Waals surface area contributed by atoms with E-state index in [2.05, 4.69) is 5.32 Å². The second-order valence-electron chi connectivity index (χ2n) is 4.72. The molecular weight excluding hydrogens is 288 g/mol. The van der Waals surface area contributed by atoms with E-state index in [1.165, 1.54) is 0 Å². The molecule has 0 spiro atoms. The van der Waals surface area contributed by atoms with Gasteiger partial charge in [0, 0.05) is 6.07 Å². The lowest BCUT2D eigenvalue weighted by Gasteiger charge is -2.14. The summed E-state index contributed by atoms with van der Waals surface area (Å²) in [6, 6.07) is 11.8. The van der Waals surface area contributed by atoms with Crippen molar-refractivity contribution < 1.29 is 9.53 Å². The number of rotatable bonds is 4. The van der Waals surface area contributed by atoms with Crippen LogP contribution in [0.5, 0.6) is 5.75 Å². The Morgan fingerprint density at radius 2 is 1.90 bits per heavy atom. The van der Waals surface area contributed by atoms with Gasteiger partial charge in [-0.1, -0.05) is 41.4 Å². The van der Waals surface area contributed by atoms with Gasteiger partial charge in [0.25, 0.3) is 0 Å². The number of nitrogens with one attached hydrogen (secondary N) is 1. The van der Waals surface area contributed by atoms with Crippen LogP contribution >= 0.6 is 11.6 Å². The van der Waals surface area contributed by atoms with Gasteiger partial charge in [0.15, 0.2) is 0 Å². The minimum Gasteiger partial charge on any atom is -0.497 e. The van der Waals surface area contributed by atoms with E-state index in [1.54, 1.807) is 25.3 Å². The lowest BCUT2D eigenvalue weighted by Crippen LogP contribution is -2.27. The van der Waals surface area contributed by atoms with Crippen molar-refractivity contribution >= 4 is 23.2 Å². The van der Waals surface area contributed by atoms with Crippen molar-refractivity contribution in [2.24, 2.45) is 5.73 Å². The molecule has 2 rings (SSSR count). The molecule has 0 aliphatic carbocycles. The molecule has 2 aromatic carbocycles. The first-order chi connectivity index (χ1) is 10.0. The zero-order chi connectivity index (χ0) is 15.4. The minimum absolute atomic E-state index is 0.325. The lowest BCUT2D eigenvalue weighted by molar-refractivity contribution is -0.117. The molecule has 4 nitrogen and oxygen atoms in total. The van der Waals surface area contributed by atoms with Crippen molar-refractivity contribution in [1.29, 1.82) is 0 Å². The first-order valence-corrected chi connectivity index (χ1v) is 6.85. The fraction of sp³-hybridized carbons (Fsp3) is 0.188. The Morgan fingerprint density at radius 3 is 2.52 bits per heavy atom. The van der Waals surface area contributed by atoms with Gasteiger partial charge in [0.2, 0.25) is 5.91 Å². The number of hydrogen-bond acceptors (Lipinski definition) is 3. The van der Waals surface area contributed by atoms with Crippen molar-refractivity contribution in [3.63, 3.8) is 0 Å². The Balaban J connectivity index is 2.15. The molecule has 0 saturated carbocycles. The largest absolute Gasteiger partial charge is 0.497 e. The highest BCUT2D eigenvalue weighted by Gasteiger charge is 2.17. The number of aryl methyl sites for hydroxylation is 1. The van der Waals surface area contributed by atoms with Crippen molar-refractivity contribution in [2.45, 2.75) is 13.0 Å². The summed E-state index contributed by atoms with van der Waals surface area (Å²) in [5, 5.41) is 3.15.